The number of amides is 1. The second-order valence-corrected chi connectivity index (χ2v) is 6.91. The Hall–Kier alpha value is -1.23. The van der Waals surface area contributed by atoms with Gasteiger partial charge in [-0.1, -0.05) is 6.92 Å². The lowest BCUT2D eigenvalue weighted by Crippen LogP contribution is -2.26. The van der Waals surface area contributed by atoms with Crippen LogP contribution in [0.15, 0.2) is 0 Å². The van der Waals surface area contributed by atoms with Gasteiger partial charge in [-0.25, -0.2) is 0 Å². The Morgan fingerprint density at radius 3 is 2.65 bits per heavy atom. The summed E-state index contributed by atoms with van der Waals surface area (Å²) in [5, 5.41) is 7.68. The lowest BCUT2D eigenvalue weighted by molar-refractivity contribution is 0.0958. The number of nitrogen functional groups attached to an aromatic ring is 1. The van der Waals surface area contributed by atoms with E-state index in [1.54, 1.807) is 11.3 Å². The maximum atomic E-state index is 12.2. The lowest BCUT2D eigenvalue weighted by atomic mass is 9.93. The van der Waals surface area contributed by atoms with Crippen molar-refractivity contribution in [2.75, 3.05) is 17.6 Å². The first-order valence-electron chi connectivity index (χ1n) is 7.67. The third kappa shape index (κ3) is 2.64. The molecule has 2 saturated carbocycles. The van der Waals surface area contributed by atoms with Gasteiger partial charge >= 0.3 is 0 Å². The van der Waals surface area contributed by atoms with Crippen LogP contribution in [-0.2, 0) is 0 Å². The summed E-state index contributed by atoms with van der Waals surface area (Å²) < 4.78 is 0. The van der Waals surface area contributed by atoms with Gasteiger partial charge in [-0.3, -0.25) is 4.79 Å². The van der Waals surface area contributed by atoms with Gasteiger partial charge in [-0.15, -0.1) is 11.3 Å². The van der Waals surface area contributed by atoms with Crippen LogP contribution in [0.1, 0.15) is 66.6 Å². The van der Waals surface area contributed by atoms with Crippen LogP contribution in [0, 0.1) is 0 Å². The van der Waals surface area contributed by atoms with Crippen LogP contribution in [-0.4, -0.2) is 18.5 Å². The molecule has 1 heterocycles. The molecule has 0 aliphatic heterocycles. The van der Waals surface area contributed by atoms with Crippen molar-refractivity contribution in [2.24, 2.45) is 0 Å². The number of rotatable bonds is 6. The van der Waals surface area contributed by atoms with Crippen LogP contribution in [0.4, 0.5) is 10.7 Å². The number of thiophene rings is 1. The van der Waals surface area contributed by atoms with E-state index in [9.17, 15) is 4.79 Å². The van der Waals surface area contributed by atoms with E-state index >= 15 is 0 Å². The highest BCUT2D eigenvalue weighted by atomic mass is 32.1. The monoisotopic (exact) mass is 293 g/mol. The summed E-state index contributed by atoms with van der Waals surface area (Å²) in [7, 11) is 0. The van der Waals surface area contributed by atoms with Gasteiger partial charge in [0.25, 0.3) is 5.91 Å². The number of nitrogens with two attached hydrogens (primary N) is 1. The Morgan fingerprint density at radius 1 is 1.35 bits per heavy atom. The fourth-order valence-corrected chi connectivity index (χ4v) is 3.77. The molecule has 0 bridgehead atoms. The molecule has 0 aromatic carbocycles. The lowest BCUT2D eigenvalue weighted by Gasteiger charge is -2.27. The maximum absolute atomic E-state index is 12.2. The van der Waals surface area contributed by atoms with E-state index in [4.69, 9.17) is 5.73 Å². The van der Waals surface area contributed by atoms with Crippen LogP contribution in [0.5, 0.6) is 0 Å². The average molecular weight is 293 g/mol. The SMILES string of the molecule is CCCNC(=O)c1sc(NC2CCC2)c(C2CC2)c1N. The predicted molar refractivity (Wildman–Crippen MR) is 84.6 cm³/mol. The molecule has 20 heavy (non-hydrogen) atoms. The molecular weight excluding hydrogens is 270 g/mol. The first kappa shape index (κ1) is 13.7. The Bertz CT molecular complexity index is 503. The van der Waals surface area contributed by atoms with E-state index in [2.05, 4.69) is 17.6 Å². The van der Waals surface area contributed by atoms with Crippen LogP contribution in [0.25, 0.3) is 0 Å². The smallest absolute Gasteiger partial charge is 0.263 e. The van der Waals surface area contributed by atoms with E-state index in [1.165, 1.54) is 37.7 Å². The molecule has 110 valence electrons. The highest BCUT2D eigenvalue weighted by Gasteiger charge is 2.34. The van der Waals surface area contributed by atoms with Crippen molar-refractivity contribution in [3.05, 3.63) is 10.4 Å². The Labute approximate surface area is 124 Å². The van der Waals surface area contributed by atoms with Gasteiger partial charge in [-0.2, -0.15) is 0 Å². The topological polar surface area (TPSA) is 67.2 Å². The van der Waals surface area contributed by atoms with E-state index in [-0.39, 0.29) is 5.91 Å². The minimum absolute atomic E-state index is 0.0158. The Morgan fingerprint density at radius 2 is 2.10 bits per heavy atom. The quantitative estimate of drug-likeness (QED) is 0.754. The third-order valence-corrected chi connectivity index (χ3v) is 5.30. The number of nitrogens with one attached hydrogen (secondary N) is 2. The predicted octanol–water partition coefficient (Wildman–Crippen LogP) is 3.31. The molecule has 2 aliphatic carbocycles. The standard InChI is InChI=1S/C15H23N3OS/c1-2-8-17-14(19)13-12(16)11(9-6-7-9)15(20-13)18-10-4-3-5-10/h9-10,18H,2-8,16H2,1H3,(H,17,19). The summed E-state index contributed by atoms with van der Waals surface area (Å²) in [5.41, 5.74) is 8.19. The molecular formula is C15H23N3OS. The maximum Gasteiger partial charge on any atom is 0.263 e. The molecule has 3 rings (SSSR count). The minimum atomic E-state index is -0.0158. The van der Waals surface area contributed by atoms with Gasteiger partial charge in [0.05, 0.1) is 10.7 Å². The summed E-state index contributed by atoms with van der Waals surface area (Å²) >= 11 is 1.54. The Balaban J connectivity index is 1.82. The molecule has 2 fully saturated rings. The molecule has 1 aromatic rings. The highest BCUT2D eigenvalue weighted by Crippen LogP contribution is 2.51. The van der Waals surface area contributed by atoms with Crippen LogP contribution < -0.4 is 16.4 Å². The first-order valence-corrected chi connectivity index (χ1v) is 8.49. The normalized spacial score (nSPS) is 18.6. The molecule has 1 aromatic heterocycles. The van der Waals surface area contributed by atoms with E-state index in [0.29, 0.717) is 29.1 Å². The molecule has 0 atom stereocenters. The molecule has 4 N–H and O–H groups in total. The Kier molecular flexibility index (Phi) is 3.87. The first-order chi connectivity index (χ1) is 9.70. The van der Waals surface area contributed by atoms with Gasteiger partial charge in [0.1, 0.15) is 4.88 Å². The summed E-state index contributed by atoms with van der Waals surface area (Å²) in [6.07, 6.45) is 7.13. The zero-order valence-corrected chi connectivity index (χ0v) is 12.8. The fraction of sp³-hybridized carbons (Fsp3) is 0.667. The zero-order valence-electron chi connectivity index (χ0n) is 12.0. The van der Waals surface area contributed by atoms with Crippen LogP contribution in [0.2, 0.25) is 0 Å². The molecule has 0 unspecified atom stereocenters. The second-order valence-electron chi connectivity index (χ2n) is 5.89. The molecule has 5 heteroatoms. The van der Waals surface area contributed by atoms with Gasteiger partial charge in [0, 0.05) is 18.2 Å². The number of anilines is 2. The van der Waals surface area contributed by atoms with Crippen molar-refractivity contribution in [2.45, 2.75) is 57.4 Å². The average Bonchev–Trinajstić information content (AvgIpc) is 3.16. The molecule has 2 aliphatic rings. The molecule has 0 radical (unpaired) electrons. The molecule has 1 amide bonds. The largest absolute Gasteiger partial charge is 0.397 e. The summed E-state index contributed by atoms with van der Waals surface area (Å²) in [6, 6.07) is 0.581. The molecule has 0 saturated heterocycles. The molecule has 4 nitrogen and oxygen atoms in total. The summed E-state index contributed by atoms with van der Waals surface area (Å²) in [4.78, 5) is 12.9. The van der Waals surface area contributed by atoms with Crippen LogP contribution >= 0.6 is 11.3 Å². The zero-order chi connectivity index (χ0) is 14.1. The van der Waals surface area contributed by atoms with Crippen molar-refractivity contribution in [1.29, 1.82) is 0 Å². The van der Waals surface area contributed by atoms with E-state index < -0.39 is 0 Å². The van der Waals surface area contributed by atoms with Gasteiger partial charge < -0.3 is 16.4 Å². The second kappa shape index (κ2) is 5.64. The van der Waals surface area contributed by atoms with Crippen molar-refractivity contribution < 1.29 is 4.79 Å². The molecule has 0 spiro atoms. The summed E-state index contributed by atoms with van der Waals surface area (Å²) in [6.45, 7) is 2.76. The van der Waals surface area contributed by atoms with E-state index in [0.717, 1.165) is 11.4 Å². The van der Waals surface area contributed by atoms with Crippen LogP contribution in [0.3, 0.4) is 0 Å². The highest BCUT2D eigenvalue weighted by molar-refractivity contribution is 7.18. The minimum Gasteiger partial charge on any atom is -0.397 e. The van der Waals surface area contributed by atoms with Crippen molar-refractivity contribution >= 4 is 27.9 Å². The van der Waals surface area contributed by atoms with E-state index in [1.807, 2.05) is 0 Å². The number of carbonyl (C=O) groups is 1. The summed E-state index contributed by atoms with van der Waals surface area (Å²) in [5.74, 6) is 0.555. The van der Waals surface area contributed by atoms with Gasteiger partial charge in [-0.05, 0) is 44.4 Å². The fourth-order valence-electron chi connectivity index (χ4n) is 2.57. The third-order valence-electron chi connectivity index (χ3n) is 4.15. The number of carbonyl (C=O) groups excluding carboxylic acids is 1. The van der Waals surface area contributed by atoms with Gasteiger partial charge in [0.15, 0.2) is 0 Å². The van der Waals surface area contributed by atoms with Crippen molar-refractivity contribution in [3.8, 4) is 0 Å². The number of hydrogen-bond acceptors (Lipinski definition) is 4. The van der Waals surface area contributed by atoms with Crippen molar-refractivity contribution in [3.63, 3.8) is 0 Å². The van der Waals surface area contributed by atoms with Crippen molar-refractivity contribution in [1.82, 2.24) is 5.32 Å². The number of hydrogen-bond donors (Lipinski definition) is 3. The van der Waals surface area contributed by atoms with Gasteiger partial charge in [0.2, 0.25) is 0 Å².